The predicted molar refractivity (Wildman–Crippen MR) is 125 cm³/mol. The Labute approximate surface area is 198 Å². The summed E-state index contributed by atoms with van der Waals surface area (Å²) in [6.45, 7) is 8.23. The molecule has 0 atom stereocenters. The molecule has 0 radical (unpaired) electrons. The van der Waals surface area contributed by atoms with Crippen LogP contribution >= 0.6 is 0 Å². The van der Waals surface area contributed by atoms with Gasteiger partial charge in [0, 0.05) is 24.8 Å². The summed E-state index contributed by atoms with van der Waals surface area (Å²) in [5, 5.41) is 46.7. The number of likely N-dealkylation sites (N-methyl/N-ethyl adjacent to an activating group) is 1. The monoisotopic (exact) mass is 490 g/mol. The van der Waals surface area contributed by atoms with Gasteiger partial charge in [-0.15, -0.1) is 20.2 Å². The van der Waals surface area contributed by atoms with E-state index in [0.717, 1.165) is 54.2 Å². The van der Waals surface area contributed by atoms with Gasteiger partial charge in [-0.1, -0.05) is 26.0 Å². The van der Waals surface area contributed by atoms with Crippen molar-refractivity contribution in [3.8, 4) is 22.8 Å². The molecular formula is C21H26N6O8. The number of para-hydroxylation sites is 2. The first-order chi connectivity index (χ1) is 16.6. The fourth-order valence-corrected chi connectivity index (χ4v) is 3.57. The summed E-state index contributed by atoms with van der Waals surface area (Å²) in [4.78, 5) is 24.0. The van der Waals surface area contributed by atoms with Crippen LogP contribution in [0.2, 0.25) is 0 Å². The molecule has 0 fully saturated rings. The highest BCUT2D eigenvalue weighted by molar-refractivity contribution is 5.82. The Hall–Kier alpha value is -4.59. The maximum absolute atomic E-state index is 9.82. The van der Waals surface area contributed by atoms with E-state index in [1.165, 1.54) is 6.07 Å². The SMILES string of the molecule is CCN(CC)CCn1c2ccccc2n2cc(-c3ccc(O)c(O)c3)nc12.O=[N+]([O-])O.O=[N+]([O-])O. The van der Waals surface area contributed by atoms with Crippen LogP contribution in [0.25, 0.3) is 28.1 Å². The van der Waals surface area contributed by atoms with Crippen molar-refractivity contribution in [1.82, 2.24) is 18.9 Å². The van der Waals surface area contributed by atoms with Gasteiger partial charge in [0.05, 0.1) is 16.7 Å². The molecule has 4 N–H and O–H groups in total. The topological polar surface area (TPSA) is 193 Å². The number of rotatable bonds is 6. The molecule has 14 nitrogen and oxygen atoms in total. The van der Waals surface area contributed by atoms with Gasteiger partial charge in [-0.05, 0) is 43.4 Å². The molecule has 188 valence electrons. The van der Waals surface area contributed by atoms with Crippen LogP contribution < -0.4 is 0 Å². The van der Waals surface area contributed by atoms with Crippen molar-refractivity contribution < 1.29 is 30.8 Å². The lowest BCUT2D eigenvalue weighted by molar-refractivity contribution is -0.742. The summed E-state index contributed by atoms with van der Waals surface area (Å²) in [6, 6.07) is 13.1. The molecule has 2 heterocycles. The average molecular weight is 490 g/mol. The lowest BCUT2D eigenvalue weighted by atomic mass is 10.1. The minimum Gasteiger partial charge on any atom is -0.504 e. The number of hydrogen-bond donors (Lipinski definition) is 4. The molecule has 0 saturated carbocycles. The highest BCUT2D eigenvalue weighted by Crippen LogP contribution is 2.31. The maximum atomic E-state index is 9.82. The number of phenolic OH excluding ortho intramolecular Hbond substituents is 2. The fraction of sp³-hybridized carbons (Fsp3) is 0.286. The van der Waals surface area contributed by atoms with Crippen molar-refractivity contribution in [2.24, 2.45) is 0 Å². The van der Waals surface area contributed by atoms with Crippen LogP contribution in [0.3, 0.4) is 0 Å². The molecule has 0 bridgehead atoms. The third-order valence-corrected chi connectivity index (χ3v) is 5.17. The highest BCUT2D eigenvalue weighted by Gasteiger charge is 2.15. The molecule has 0 amide bonds. The Morgan fingerprint density at radius 1 is 0.943 bits per heavy atom. The van der Waals surface area contributed by atoms with E-state index in [2.05, 4.69) is 45.9 Å². The lowest BCUT2D eigenvalue weighted by Gasteiger charge is -2.18. The number of phenols is 2. The largest absolute Gasteiger partial charge is 0.504 e. The van der Waals surface area contributed by atoms with E-state index < -0.39 is 10.2 Å². The zero-order valence-corrected chi connectivity index (χ0v) is 19.1. The van der Waals surface area contributed by atoms with Gasteiger partial charge in [-0.25, -0.2) is 4.98 Å². The molecule has 14 heteroatoms. The normalized spacial score (nSPS) is 10.5. The summed E-state index contributed by atoms with van der Waals surface area (Å²) < 4.78 is 4.34. The molecule has 2 aromatic carbocycles. The average Bonchev–Trinajstić information content (AvgIpc) is 3.34. The molecule has 0 aliphatic carbocycles. The first-order valence-electron chi connectivity index (χ1n) is 10.5. The summed E-state index contributed by atoms with van der Waals surface area (Å²) in [6.07, 6.45) is 1.98. The number of hydrogen-bond acceptors (Lipinski definition) is 8. The van der Waals surface area contributed by atoms with Crippen molar-refractivity contribution in [2.45, 2.75) is 20.4 Å². The third-order valence-electron chi connectivity index (χ3n) is 5.17. The summed E-state index contributed by atoms with van der Waals surface area (Å²) >= 11 is 0. The Morgan fingerprint density at radius 3 is 2.06 bits per heavy atom. The van der Waals surface area contributed by atoms with Gasteiger partial charge in [0.25, 0.3) is 10.2 Å². The minimum atomic E-state index is -1.50. The molecular weight excluding hydrogens is 464 g/mol. The van der Waals surface area contributed by atoms with Crippen LogP contribution in [0.4, 0.5) is 0 Å². The van der Waals surface area contributed by atoms with E-state index in [-0.39, 0.29) is 11.5 Å². The number of benzene rings is 2. The van der Waals surface area contributed by atoms with E-state index in [1.807, 2.05) is 12.3 Å². The maximum Gasteiger partial charge on any atom is 0.291 e. The fourth-order valence-electron chi connectivity index (χ4n) is 3.57. The van der Waals surface area contributed by atoms with Crippen LogP contribution in [0.5, 0.6) is 11.5 Å². The van der Waals surface area contributed by atoms with Crippen molar-refractivity contribution in [2.75, 3.05) is 19.6 Å². The third kappa shape index (κ3) is 6.94. The van der Waals surface area contributed by atoms with Crippen molar-refractivity contribution >= 4 is 16.8 Å². The standard InChI is InChI=1S/C21H24N4O2.2HNO3/c1-3-23(4-2)11-12-24-17-7-5-6-8-18(17)25-14-16(22-21(24)25)15-9-10-19(26)20(27)13-15;2*2-1(3)4/h5-10,13-14,26-27H,3-4,11-12H2,1-2H3;2*(H,2,3,4). The van der Waals surface area contributed by atoms with Crippen LogP contribution in [0, 0.1) is 20.2 Å². The Morgan fingerprint density at radius 2 is 1.51 bits per heavy atom. The number of aromatic hydroxyl groups is 2. The van der Waals surface area contributed by atoms with Gasteiger partial charge in [0.15, 0.2) is 11.5 Å². The van der Waals surface area contributed by atoms with Crippen LogP contribution in [0.15, 0.2) is 48.7 Å². The molecule has 0 aliphatic heterocycles. The van der Waals surface area contributed by atoms with Gasteiger partial charge >= 0.3 is 0 Å². The lowest BCUT2D eigenvalue weighted by Crippen LogP contribution is -2.27. The molecule has 0 unspecified atom stereocenters. The number of imidazole rings is 2. The van der Waals surface area contributed by atoms with Gasteiger partial charge < -0.3 is 30.1 Å². The van der Waals surface area contributed by atoms with Gasteiger partial charge in [-0.3, -0.25) is 4.40 Å². The van der Waals surface area contributed by atoms with Crippen LogP contribution in [0.1, 0.15) is 13.8 Å². The summed E-state index contributed by atoms with van der Waals surface area (Å²) in [7, 11) is 0. The van der Waals surface area contributed by atoms with E-state index in [0.29, 0.717) is 0 Å². The zero-order valence-electron chi connectivity index (χ0n) is 19.1. The van der Waals surface area contributed by atoms with E-state index >= 15 is 0 Å². The van der Waals surface area contributed by atoms with E-state index in [4.69, 9.17) is 35.6 Å². The smallest absolute Gasteiger partial charge is 0.291 e. The minimum absolute atomic E-state index is 0.128. The predicted octanol–water partition coefficient (Wildman–Crippen LogP) is 3.01. The molecule has 4 aromatic rings. The molecule has 2 aromatic heterocycles. The van der Waals surface area contributed by atoms with Crippen LogP contribution in [-0.4, -0.2) is 69.3 Å². The second-order valence-electron chi connectivity index (χ2n) is 7.14. The number of aromatic nitrogens is 3. The first-order valence-corrected chi connectivity index (χ1v) is 10.5. The van der Waals surface area contributed by atoms with E-state index in [1.54, 1.807) is 12.1 Å². The Kier molecular flexibility index (Phi) is 9.17. The highest BCUT2D eigenvalue weighted by atomic mass is 16.9. The summed E-state index contributed by atoms with van der Waals surface area (Å²) in [5.41, 5.74) is 3.80. The summed E-state index contributed by atoms with van der Waals surface area (Å²) in [5.74, 6) is 0.613. The quantitative estimate of drug-likeness (QED) is 0.177. The van der Waals surface area contributed by atoms with Crippen molar-refractivity contribution in [3.05, 3.63) is 68.9 Å². The van der Waals surface area contributed by atoms with Crippen molar-refractivity contribution in [3.63, 3.8) is 0 Å². The van der Waals surface area contributed by atoms with E-state index in [9.17, 15) is 10.2 Å². The van der Waals surface area contributed by atoms with Gasteiger partial charge in [0.1, 0.15) is 0 Å². The van der Waals surface area contributed by atoms with Crippen LogP contribution in [-0.2, 0) is 6.54 Å². The number of nitrogens with zero attached hydrogens (tertiary/aromatic N) is 6. The Balaban J connectivity index is 0.000000473. The molecule has 35 heavy (non-hydrogen) atoms. The molecule has 4 rings (SSSR count). The first kappa shape index (κ1) is 26.7. The van der Waals surface area contributed by atoms with Crippen molar-refractivity contribution in [1.29, 1.82) is 0 Å². The molecule has 0 spiro atoms. The Bertz CT molecular complexity index is 1280. The zero-order chi connectivity index (χ0) is 26.1. The number of fused-ring (bicyclic) bond motifs is 3. The van der Waals surface area contributed by atoms with Gasteiger partial charge in [0.2, 0.25) is 5.78 Å². The second kappa shape index (κ2) is 12.0. The molecule has 0 saturated heterocycles. The molecule has 0 aliphatic rings. The second-order valence-corrected chi connectivity index (χ2v) is 7.14. The van der Waals surface area contributed by atoms with Gasteiger partial charge in [-0.2, -0.15) is 0 Å².